The van der Waals surface area contributed by atoms with Crippen molar-refractivity contribution in [3.8, 4) is 0 Å². The normalized spacial score (nSPS) is 11.4. The summed E-state index contributed by atoms with van der Waals surface area (Å²) in [6.07, 6.45) is 2.87. The van der Waals surface area contributed by atoms with Crippen molar-refractivity contribution in [3.63, 3.8) is 0 Å². The number of rotatable bonds is 6. The number of nitrogen functional groups attached to an aromatic ring is 1. The molecule has 0 saturated heterocycles. The Bertz CT molecular complexity index is 545. The quantitative estimate of drug-likeness (QED) is 0.822. The Morgan fingerprint density at radius 1 is 1.30 bits per heavy atom. The maximum atomic E-state index is 5.85. The van der Waals surface area contributed by atoms with Crippen LogP contribution in [0.4, 0.5) is 5.69 Å². The van der Waals surface area contributed by atoms with Gasteiger partial charge >= 0.3 is 0 Å². The van der Waals surface area contributed by atoms with Crippen molar-refractivity contribution in [2.24, 2.45) is 7.05 Å². The van der Waals surface area contributed by atoms with E-state index in [9.17, 15) is 0 Å². The van der Waals surface area contributed by atoms with Crippen LogP contribution in [0.2, 0.25) is 0 Å². The molecule has 0 atom stereocenters. The number of nitrogens with zero attached hydrogens (tertiary/aromatic N) is 3. The number of nitrogens with two attached hydrogens (primary N) is 1. The van der Waals surface area contributed by atoms with E-state index < -0.39 is 0 Å². The van der Waals surface area contributed by atoms with Crippen LogP contribution >= 0.6 is 0 Å². The van der Waals surface area contributed by atoms with Crippen molar-refractivity contribution in [1.29, 1.82) is 0 Å². The minimum Gasteiger partial charge on any atom is -0.399 e. The molecule has 0 amide bonds. The molecule has 20 heavy (non-hydrogen) atoms. The highest BCUT2D eigenvalue weighted by Crippen LogP contribution is 2.12. The molecule has 0 aliphatic heterocycles. The third kappa shape index (κ3) is 3.84. The molecule has 0 radical (unpaired) electrons. The van der Waals surface area contributed by atoms with Crippen molar-refractivity contribution in [2.45, 2.75) is 32.9 Å². The first-order valence-electron chi connectivity index (χ1n) is 7.11. The van der Waals surface area contributed by atoms with E-state index in [1.807, 2.05) is 30.1 Å². The van der Waals surface area contributed by atoms with E-state index in [0.717, 1.165) is 25.2 Å². The lowest BCUT2D eigenvalue weighted by atomic mass is 10.1. The summed E-state index contributed by atoms with van der Waals surface area (Å²) in [5.74, 6) is 0. The van der Waals surface area contributed by atoms with Crippen molar-refractivity contribution < 1.29 is 0 Å². The van der Waals surface area contributed by atoms with E-state index in [2.05, 4.69) is 42.0 Å². The fourth-order valence-corrected chi connectivity index (χ4v) is 2.35. The summed E-state index contributed by atoms with van der Waals surface area (Å²) >= 11 is 0. The smallest absolute Gasteiger partial charge is 0.0492 e. The molecule has 1 aromatic heterocycles. The van der Waals surface area contributed by atoms with Gasteiger partial charge in [0.25, 0.3) is 0 Å². The summed E-state index contributed by atoms with van der Waals surface area (Å²) in [6, 6.07) is 10.7. The molecule has 0 spiro atoms. The van der Waals surface area contributed by atoms with E-state index in [1.165, 1.54) is 11.3 Å². The highest BCUT2D eigenvalue weighted by atomic mass is 15.3. The van der Waals surface area contributed by atoms with Crippen molar-refractivity contribution >= 4 is 5.69 Å². The Morgan fingerprint density at radius 2 is 2.10 bits per heavy atom. The molecule has 2 rings (SSSR count). The summed E-state index contributed by atoms with van der Waals surface area (Å²) in [6.45, 7) is 6.41. The van der Waals surface area contributed by atoms with Crippen LogP contribution in [0.1, 0.15) is 25.1 Å². The molecule has 0 bridgehead atoms. The number of aryl methyl sites for hydroxylation is 1. The zero-order chi connectivity index (χ0) is 14.5. The fourth-order valence-electron chi connectivity index (χ4n) is 2.35. The van der Waals surface area contributed by atoms with Crippen LogP contribution < -0.4 is 5.73 Å². The van der Waals surface area contributed by atoms with Gasteiger partial charge in [0, 0.05) is 50.2 Å². The monoisotopic (exact) mass is 272 g/mol. The van der Waals surface area contributed by atoms with Crippen molar-refractivity contribution in [2.75, 3.05) is 12.3 Å². The molecule has 2 N–H and O–H groups in total. The highest BCUT2D eigenvalue weighted by molar-refractivity contribution is 5.40. The average molecular weight is 272 g/mol. The first-order chi connectivity index (χ1) is 9.56. The fraction of sp³-hybridized carbons (Fsp3) is 0.438. The predicted molar refractivity (Wildman–Crippen MR) is 83.3 cm³/mol. The Balaban J connectivity index is 1.99. The number of aromatic nitrogens is 2. The molecule has 0 fully saturated rings. The average Bonchev–Trinajstić information content (AvgIpc) is 2.80. The van der Waals surface area contributed by atoms with Gasteiger partial charge in [0.05, 0.1) is 0 Å². The second kappa shape index (κ2) is 6.57. The third-order valence-electron chi connectivity index (χ3n) is 3.64. The van der Waals surface area contributed by atoms with E-state index in [4.69, 9.17) is 5.73 Å². The molecule has 4 nitrogen and oxygen atoms in total. The SMILES string of the molecule is CC(C)N(CCc1ccnn1C)Cc1cccc(N)c1. The van der Waals surface area contributed by atoms with Gasteiger partial charge in [0.2, 0.25) is 0 Å². The molecule has 108 valence electrons. The molecule has 2 aromatic rings. The molecular weight excluding hydrogens is 248 g/mol. The summed E-state index contributed by atoms with van der Waals surface area (Å²) in [5.41, 5.74) is 9.22. The van der Waals surface area contributed by atoms with Crippen LogP contribution in [-0.2, 0) is 20.0 Å². The Hall–Kier alpha value is -1.81. The minimum atomic E-state index is 0.504. The molecular formula is C16H24N4. The Kier molecular flexibility index (Phi) is 4.79. The molecule has 1 heterocycles. The predicted octanol–water partition coefficient (Wildman–Crippen LogP) is 2.46. The second-order valence-electron chi connectivity index (χ2n) is 5.51. The van der Waals surface area contributed by atoms with Gasteiger partial charge in [-0.05, 0) is 37.6 Å². The van der Waals surface area contributed by atoms with E-state index in [-0.39, 0.29) is 0 Å². The van der Waals surface area contributed by atoms with Gasteiger partial charge in [0.15, 0.2) is 0 Å². The van der Waals surface area contributed by atoms with Gasteiger partial charge in [-0.15, -0.1) is 0 Å². The van der Waals surface area contributed by atoms with Crippen LogP contribution in [0.5, 0.6) is 0 Å². The van der Waals surface area contributed by atoms with Gasteiger partial charge in [-0.2, -0.15) is 5.10 Å². The number of anilines is 1. The van der Waals surface area contributed by atoms with Crippen molar-refractivity contribution in [3.05, 3.63) is 47.8 Å². The summed E-state index contributed by atoms with van der Waals surface area (Å²) in [7, 11) is 1.99. The van der Waals surface area contributed by atoms with E-state index in [1.54, 1.807) is 0 Å². The third-order valence-corrected chi connectivity index (χ3v) is 3.64. The van der Waals surface area contributed by atoms with Crippen LogP contribution in [-0.4, -0.2) is 27.3 Å². The van der Waals surface area contributed by atoms with E-state index >= 15 is 0 Å². The minimum absolute atomic E-state index is 0.504. The molecule has 0 saturated carbocycles. The molecule has 0 unspecified atom stereocenters. The zero-order valence-corrected chi connectivity index (χ0v) is 12.6. The summed E-state index contributed by atoms with van der Waals surface area (Å²) in [4.78, 5) is 2.46. The molecule has 0 aliphatic carbocycles. The Labute approximate surface area is 121 Å². The van der Waals surface area contributed by atoms with Gasteiger partial charge in [-0.25, -0.2) is 0 Å². The van der Waals surface area contributed by atoms with Gasteiger partial charge in [-0.1, -0.05) is 12.1 Å². The van der Waals surface area contributed by atoms with Crippen LogP contribution in [0, 0.1) is 0 Å². The van der Waals surface area contributed by atoms with Crippen molar-refractivity contribution in [1.82, 2.24) is 14.7 Å². The maximum Gasteiger partial charge on any atom is 0.0492 e. The lowest BCUT2D eigenvalue weighted by molar-refractivity contribution is 0.214. The first-order valence-corrected chi connectivity index (χ1v) is 7.11. The number of hydrogen-bond acceptors (Lipinski definition) is 3. The lowest BCUT2D eigenvalue weighted by Crippen LogP contribution is -2.32. The largest absolute Gasteiger partial charge is 0.399 e. The summed E-state index contributed by atoms with van der Waals surface area (Å²) < 4.78 is 1.94. The first kappa shape index (κ1) is 14.6. The van der Waals surface area contributed by atoms with Crippen LogP contribution in [0.25, 0.3) is 0 Å². The maximum absolute atomic E-state index is 5.85. The Morgan fingerprint density at radius 3 is 2.70 bits per heavy atom. The lowest BCUT2D eigenvalue weighted by Gasteiger charge is -2.26. The second-order valence-corrected chi connectivity index (χ2v) is 5.51. The van der Waals surface area contributed by atoms with Gasteiger partial charge < -0.3 is 5.73 Å². The molecule has 1 aromatic carbocycles. The highest BCUT2D eigenvalue weighted by Gasteiger charge is 2.11. The zero-order valence-electron chi connectivity index (χ0n) is 12.6. The molecule has 0 aliphatic rings. The topological polar surface area (TPSA) is 47.1 Å². The molecule has 4 heteroatoms. The number of benzene rings is 1. The van der Waals surface area contributed by atoms with Crippen LogP contribution in [0.15, 0.2) is 36.5 Å². The number of hydrogen-bond donors (Lipinski definition) is 1. The van der Waals surface area contributed by atoms with Gasteiger partial charge in [0.1, 0.15) is 0 Å². The summed E-state index contributed by atoms with van der Waals surface area (Å²) in [5, 5.41) is 4.22. The van der Waals surface area contributed by atoms with Crippen LogP contribution in [0.3, 0.4) is 0 Å². The van der Waals surface area contributed by atoms with E-state index in [0.29, 0.717) is 6.04 Å². The standard InChI is InChI=1S/C16H24N4/c1-13(2)20(10-8-16-7-9-18-19(16)3)12-14-5-4-6-15(17)11-14/h4-7,9,11,13H,8,10,12,17H2,1-3H3. The van der Waals surface area contributed by atoms with Gasteiger partial charge in [-0.3, -0.25) is 9.58 Å².